The molecule has 2 atom stereocenters. The molecule has 3 saturated heterocycles. The van der Waals surface area contributed by atoms with Crippen molar-refractivity contribution in [2.24, 2.45) is 5.92 Å². The quantitative estimate of drug-likeness (QED) is 0.832. The number of ether oxygens (including phenoxy) is 1. The molecule has 3 aliphatic rings. The van der Waals surface area contributed by atoms with Gasteiger partial charge in [0.2, 0.25) is 0 Å². The van der Waals surface area contributed by atoms with E-state index in [4.69, 9.17) is 4.74 Å². The molecular formula is C14H28ClN3O. The van der Waals surface area contributed by atoms with Crippen LogP contribution in [0.1, 0.15) is 19.3 Å². The molecule has 5 heteroatoms. The summed E-state index contributed by atoms with van der Waals surface area (Å²) in [5.74, 6) is 0.792. The Labute approximate surface area is 123 Å². The molecule has 112 valence electrons. The summed E-state index contributed by atoms with van der Waals surface area (Å²) in [6.07, 6.45) is 4.00. The molecule has 4 nitrogen and oxygen atoms in total. The van der Waals surface area contributed by atoms with E-state index in [-0.39, 0.29) is 12.4 Å². The Morgan fingerprint density at radius 1 is 1.11 bits per heavy atom. The number of rotatable bonds is 3. The minimum Gasteiger partial charge on any atom is -0.381 e. The molecular weight excluding hydrogens is 262 g/mol. The minimum absolute atomic E-state index is 0. The highest BCUT2D eigenvalue weighted by atomic mass is 35.5. The molecule has 3 aliphatic heterocycles. The van der Waals surface area contributed by atoms with Crippen molar-refractivity contribution in [1.82, 2.24) is 15.1 Å². The normalized spacial score (nSPS) is 34.1. The molecule has 0 amide bonds. The standard InChI is InChI=1S/C14H27N3O.ClH/c1-2-13(12-18-9-1)10-16-6-3-14(11-16)17-7-4-15-5-8-17;/h13-15H,1-12H2;1H. The molecule has 0 bridgehead atoms. The van der Waals surface area contributed by atoms with Gasteiger partial charge in [-0.25, -0.2) is 0 Å². The zero-order valence-corrected chi connectivity index (χ0v) is 12.7. The number of nitrogens with zero attached hydrogens (tertiary/aromatic N) is 2. The van der Waals surface area contributed by atoms with Gasteiger partial charge in [0.25, 0.3) is 0 Å². The topological polar surface area (TPSA) is 27.7 Å². The number of nitrogens with one attached hydrogen (secondary N) is 1. The van der Waals surface area contributed by atoms with Crippen molar-refractivity contribution in [3.8, 4) is 0 Å². The van der Waals surface area contributed by atoms with Gasteiger partial charge in [-0.15, -0.1) is 12.4 Å². The van der Waals surface area contributed by atoms with E-state index in [9.17, 15) is 0 Å². The van der Waals surface area contributed by atoms with Crippen LogP contribution in [0.3, 0.4) is 0 Å². The second-order valence-electron chi connectivity index (χ2n) is 6.07. The highest BCUT2D eigenvalue weighted by Crippen LogP contribution is 2.20. The van der Waals surface area contributed by atoms with Crippen LogP contribution in [-0.4, -0.2) is 74.9 Å². The van der Waals surface area contributed by atoms with Gasteiger partial charge in [0.05, 0.1) is 6.61 Å². The molecule has 0 aromatic rings. The summed E-state index contributed by atoms with van der Waals surface area (Å²) in [4.78, 5) is 5.36. The molecule has 1 N–H and O–H groups in total. The lowest BCUT2D eigenvalue weighted by Crippen LogP contribution is -2.49. The summed E-state index contributed by atoms with van der Waals surface area (Å²) in [6.45, 7) is 10.7. The maximum atomic E-state index is 5.59. The predicted molar refractivity (Wildman–Crippen MR) is 80.1 cm³/mol. The lowest BCUT2D eigenvalue weighted by atomic mass is 10.0. The van der Waals surface area contributed by atoms with Gasteiger partial charge >= 0.3 is 0 Å². The Balaban J connectivity index is 0.00000133. The largest absolute Gasteiger partial charge is 0.381 e. The van der Waals surface area contributed by atoms with Gasteiger partial charge < -0.3 is 15.0 Å². The van der Waals surface area contributed by atoms with E-state index in [2.05, 4.69) is 15.1 Å². The van der Waals surface area contributed by atoms with E-state index in [0.717, 1.165) is 25.2 Å². The van der Waals surface area contributed by atoms with E-state index < -0.39 is 0 Å². The number of likely N-dealkylation sites (tertiary alicyclic amines) is 1. The monoisotopic (exact) mass is 289 g/mol. The fourth-order valence-electron chi connectivity index (χ4n) is 3.64. The molecule has 0 aromatic heterocycles. The Bertz CT molecular complexity index is 255. The number of hydrogen-bond acceptors (Lipinski definition) is 4. The van der Waals surface area contributed by atoms with Crippen molar-refractivity contribution in [3.05, 3.63) is 0 Å². The Morgan fingerprint density at radius 3 is 2.68 bits per heavy atom. The second-order valence-corrected chi connectivity index (χ2v) is 6.07. The maximum absolute atomic E-state index is 5.59. The smallest absolute Gasteiger partial charge is 0.0506 e. The molecule has 2 unspecified atom stereocenters. The molecule has 3 fully saturated rings. The molecule has 19 heavy (non-hydrogen) atoms. The summed E-state index contributed by atoms with van der Waals surface area (Å²) in [7, 11) is 0. The van der Waals surface area contributed by atoms with Crippen molar-refractivity contribution in [2.75, 3.05) is 59.0 Å². The lowest BCUT2D eigenvalue weighted by Gasteiger charge is -2.33. The molecule has 0 aromatic carbocycles. The molecule has 0 spiro atoms. The van der Waals surface area contributed by atoms with Crippen molar-refractivity contribution >= 4 is 12.4 Å². The van der Waals surface area contributed by atoms with Crippen LogP contribution in [0.2, 0.25) is 0 Å². The van der Waals surface area contributed by atoms with Crippen LogP contribution in [0.4, 0.5) is 0 Å². The van der Waals surface area contributed by atoms with Crippen LogP contribution in [0.15, 0.2) is 0 Å². The summed E-state index contributed by atoms with van der Waals surface area (Å²) in [6, 6.07) is 0.816. The molecule has 0 aliphatic carbocycles. The van der Waals surface area contributed by atoms with Gasteiger partial charge in [0, 0.05) is 51.9 Å². The van der Waals surface area contributed by atoms with Crippen molar-refractivity contribution in [2.45, 2.75) is 25.3 Å². The van der Waals surface area contributed by atoms with Crippen molar-refractivity contribution < 1.29 is 4.74 Å². The van der Waals surface area contributed by atoms with E-state index in [1.165, 1.54) is 65.1 Å². The number of hydrogen-bond donors (Lipinski definition) is 1. The first-order valence-corrected chi connectivity index (χ1v) is 7.67. The van der Waals surface area contributed by atoms with Crippen LogP contribution in [-0.2, 0) is 4.74 Å². The summed E-state index contributed by atoms with van der Waals surface area (Å²) in [5, 5.41) is 3.44. The fourth-order valence-corrected chi connectivity index (χ4v) is 3.64. The van der Waals surface area contributed by atoms with Crippen LogP contribution in [0.25, 0.3) is 0 Å². The van der Waals surface area contributed by atoms with Gasteiger partial charge in [-0.1, -0.05) is 0 Å². The van der Waals surface area contributed by atoms with E-state index in [1.54, 1.807) is 0 Å². The van der Waals surface area contributed by atoms with Crippen molar-refractivity contribution in [3.63, 3.8) is 0 Å². The minimum atomic E-state index is 0. The van der Waals surface area contributed by atoms with E-state index in [1.807, 2.05) is 0 Å². The SMILES string of the molecule is C1COCC(CN2CCC(N3CCNCC3)C2)C1.Cl. The Hall–Kier alpha value is 0.130. The number of halogens is 1. The van der Waals surface area contributed by atoms with Crippen LogP contribution in [0.5, 0.6) is 0 Å². The molecule has 0 saturated carbocycles. The predicted octanol–water partition coefficient (Wildman–Crippen LogP) is 0.814. The fraction of sp³-hybridized carbons (Fsp3) is 1.00. The van der Waals surface area contributed by atoms with Gasteiger partial charge in [-0.05, 0) is 31.7 Å². The van der Waals surface area contributed by atoms with E-state index in [0.29, 0.717) is 0 Å². The van der Waals surface area contributed by atoms with Crippen LogP contribution < -0.4 is 5.32 Å². The van der Waals surface area contributed by atoms with Crippen molar-refractivity contribution in [1.29, 1.82) is 0 Å². The van der Waals surface area contributed by atoms with E-state index >= 15 is 0 Å². The first-order chi connectivity index (χ1) is 8.92. The highest BCUT2D eigenvalue weighted by Gasteiger charge is 2.29. The average molecular weight is 290 g/mol. The lowest BCUT2D eigenvalue weighted by molar-refractivity contribution is 0.0405. The average Bonchev–Trinajstić information content (AvgIpc) is 2.89. The molecule has 3 heterocycles. The highest BCUT2D eigenvalue weighted by molar-refractivity contribution is 5.85. The third-order valence-electron chi connectivity index (χ3n) is 4.69. The van der Waals surface area contributed by atoms with Gasteiger partial charge in [0.15, 0.2) is 0 Å². The third kappa shape index (κ3) is 4.30. The Morgan fingerprint density at radius 2 is 1.95 bits per heavy atom. The third-order valence-corrected chi connectivity index (χ3v) is 4.69. The summed E-state index contributed by atoms with van der Waals surface area (Å²) >= 11 is 0. The summed E-state index contributed by atoms with van der Waals surface area (Å²) < 4.78 is 5.59. The second kappa shape index (κ2) is 7.79. The molecule has 3 rings (SSSR count). The van der Waals surface area contributed by atoms with Gasteiger partial charge in [-0.3, -0.25) is 4.90 Å². The van der Waals surface area contributed by atoms with Crippen LogP contribution in [0, 0.1) is 5.92 Å². The zero-order chi connectivity index (χ0) is 12.2. The Kier molecular flexibility index (Phi) is 6.36. The summed E-state index contributed by atoms with van der Waals surface area (Å²) in [5.41, 5.74) is 0. The number of piperazine rings is 1. The van der Waals surface area contributed by atoms with Gasteiger partial charge in [-0.2, -0.15) is 0 Å². The van der Waals surface area contributed by atoms with Crippen LogP contribution >= 0.6 is 12.4 Å². The first kappa shape index (κ1) is 15.5. The molecule has 0 radical (unpaired) electrons. The first-order valence-electron chi connectivity index (χ1n) is 7.67. The maximum Gasteiger partial charge on any atom is 0.0506 e. The van der Waals surface area contributed by atoms with Gasteiger partial charge in [0.1, 0.15) is 0 Å². The zero-order valence-electron chi connectivity index (χ0n) is 11.9.